The second-order valence-corrected chi connectivity index (χ2v) is 6.44. The molecule has 110 valence electrons. The van der Waals surface area contributed by atoms with Gasteiger partial charge in [-0.2, -0.15) is 0 Å². The first kappa shape index (κ1) is 15.4. The molecule has 1 fully saturated rings. The highest BCUT2D eigenvalue weighted by atomic mass is 79.9. The molecule has 0 saturated carbocycles. The van der Waals surface area contributed by atoms with Crippen molar-refractivity contribution in [2.24, 2.45) is 5.41 Å². The molecule has 0 N–H and O–H groups in total. The van der Waals surface area contributed by atoms with Gasteiger partial charge in [-0.3, -0.25) is 4.79 Å². The first-order valence-corrected chi connectivity index (χ1v) is 7.97. The molecule has 3 nitrogen and oxygen atoms in total. The Morgan fingerprint density at radius 2 is 2.10 bits per heavy atom. The zero-order valence-electron chi connectivity index (χ0n) is 12.4. The van der Waals surface area contributed by atoms with Crippen LogP contribution in [-0.2, 0) is 0 Å². The van der Waals surface area contributed by atoms with Crippen LogP contribution in [0, 0.1) is 5.41 Å². The maximum absolute atomic E-state index is 12.7. The van der Waals surface area contributed by atoms with Gasteiger partial charge in [-0.05, 0) is 42.9 Å². The fourth-order valence-electron chi connectivity index (χ4n) is 2.95. The predicted molar refractivity (Wildman–Crippen MR) is 84.2 cm³/mol. The van der Waals surface area contributed by atoms with Crippen LogP contribution in [0.1, 0.15) is 43.5 Å². The van der Waals surface area contributed by atoms with Gasteiger partial charge < -0.3 is 9.64 Å². The number of carbonyl (C=O) groups excluding carboxylic acids is 1. The van der Waals surface area contributed by atoms with Crippen molar-refractivity contribution in [3.8, 4) is 5.75 Å². The first-order valence-electron chi connectivity index (χ1n) is 7.18. The van der Waals surface area contributed by atoms with Gasteiger partial charge in [0.15, 0.2) is 0 Å². The van der Waals surface area contributed by atoms with Gasteiger partial charge in [0.1, 0.15) is 5.75 Å². The third-order valence-electron chi connectivity index (χ3n) is 4.62. The molecule has 4 heteroatoms. The van der Waals surface area contributed by atoms with Crippen molar-refractivity contribution < 1.29 is 9.53 Å². The summed E-state index contributed by atoms with van der Waals surface area (Å²) in [4.78, 5) is 14.7. The molecule has 20 heavy (non-hydrogen) atoms. The summed E-state index contributed by atoms with van der Waals surface area (Å²) in [5, 5.41) is 0. The van der Waals surface area contributed by atoms with Crippen LogP contribution in [-0.4, -0.2) is 31.0 Å². The van der Waals surface area contributed by atoms with Gasteiger partial charge in [0.05, 0.1) is 12.7 Å². The maximum Gasteiger partial charge on any atom is 0.257 e. The molecule has 0 unspecified atom stereocenters. The standard InChI is InChI=1S/C16H22BrNO2/c1-4-16(5-2)8-9-18(11-16)15(19)13-7-6-12(17)10-14(13)20-3/h6-7,10H,4-5,8-9,11H2,1-3H3. The van der Waals surface area contributed by atoms with Gasteiger partial charge in [0.25, 0.3) is 5.91 Å². The number of halogens is 1. The normalized spacial score (nSPS) is 17.3. The summed E-state index contributed by atoms with van der Waals surface area (Å²) in [7, 11) is 1.60. The Bertz CT molecular complexity index is 497. The number of ether oxygens (including phenoxy) is 1. The Hall–Kier alpha value is -1.03. The largest absolute Gasteiger partial charge is 0.496 e. The van der Waals surface area contributed by atoms with Crippen molar-refractivity contribution >= 4 is 21.8 Å². The summed E-state index contributed by atoms with van der Waals surface area (Å²) in [6, 6.07) is 5.57. The van der Waals surface area contributed by atoms with Crippen LogP contribution in [0.2, 0.25) is 0 Å². The third kappa shape index (κ3) is 2.85. The lowest BCUT2D eigenvalue weighted by Crippen LogP contribution is -2.32. The van der Waals surface area contributed by atoms with Crippen LogP contribution in [0.4, 0.5) is 0 Å². The van der Waals surface area contributed by atoms with Gasteiger partial charge in [-0.25, -0.2) is 0 Å². The molecule has 0 atom stereocenters. The Morgan fingerprint density at radius 1 is 1.40 bits per heavy atom. The van der Waals surface area contributed by atoms with E-state index >= 15 is 0 Å². The highest BCUT2D eigenvalue weighted by Gasteiger charge is 2.37. The lowest BCUT2D eigenvalue weighted by atomic mass is 9.82. The highest BCUT2D eigenvalue weighted by Crippen LogP contribution is 2.38. The van der Waals surface area contributed by atoms with Crippen molar-refractivity contribution in [1.29, 1.82) is 0 Å². The number of rotatable bonds is 4. The van der Waals surface area contributed by atoms with Crippen molar-refractivity contribution in [2.75, 3.05) is 20.2 Å². The molecule has 1 aromatic carbocycles. The average molecular weight is 340 g/mol. The molecule has 1 aromatic rings. The number of nitrogens with zero attached hydrogens (tertiary/aromatic N) is 1. The van der Waals surface area contributed by atoms with Gasteiger partial charge >= 0.3 is 0 Å². The summed E-state index contributed by atoms with van der Waals surface area (Å²) in [5.74, 6) is 0.716. The quantitative estimate of drug-likeness (QED) is 0.826. The summed E-state index contributed by atoms with van der Waals surface area (Å²) < 4.78 is 6.25. The summed E-state index contributed by atoms with van der Waals surface area (Å²) in [5.41, 5.74) is 0.955. The smallest absolute Gasteiger partial charge is 0.257 e. The zero-order chi connectivity index (χ0) is 14.8. The third-order valence-corrected chi connectivity index (χ3v) is 5.11. The minimum absolute atomic E-state index is 0.0816. The number of likely N-dealkylation sites (tertiary alicyclic amines) is 1. The zero-order valence-corrected chi connectivity index (χ0v) is 14.0. The SMILES string of the molecule is CCC1(CC)CCN(C(=O)c2ccc(Br)cc2OC)C1. The van der Waals surface area contributed by atoms with Crippen LogP contribution >= 0.6 is 15.9 Å². The Morgan fingerprint density at radius 3 is 2.65 bits per heavy atom. The van der Waals surface area contributed by atoms with Crippen molar-refractivity contribution in [3.63, 3.8) is 0 Å². The van der Waals surface area contributed by atoms with E-state index in [1.54, 1.807) is 7.11 Å². The van der Waals surface area contributed by atoms with E-state index in [1.165, 1.54) is 0 Å². The predicted octanol–water partition coefficient (Wildman–Crippen LogP) is 4.11. The van der Waals surface area contributed by atoms with Gasteiger partial charge in [-0.1, -0.05) is 29.8 Å². The van der Waals surface area contributed by atoms with E-state index in [4.69, 9.17) is 4.74 Å². The van der Waals surface area contributed by atoms with Crippen molar-refractivity contribution in [3.05, 3.63) is 28.2 Å². The van der Waals surface area contributed by atoms with E-state index in [2.05, 4.69) is 29.8 Å². The number of benzene rings is 1. The molecule has 1 aliphatic rings. The molecule has 2 rings (SSSR count). The molecule has 1 amide bonds. The fraction of sp³-hybridized carbons (Fsp3) is 0.562. The fourth-order valence-corrected chi connectivity index (χ4v) is 3.29. The molecule has 1 heterocycles. The van der Waals surface area contributed by atoms with Crippen molar-refractivity contribution in [2.45, 2.75) is 33.1 Å². The molecular formula is C16H22BrNO2. The number of amides is 1. The van der Waals surface area contributed by atoms with E-state index in [0.717, 1.165) is 36.8 Å². The Kier molecular flexibility index (Phi) is 4.74. The monoisotopic (exact) mass is 339 g/mol. The summed E-state index contributed by atoms with van der Waals surface area (Å²) >= 11 is 3.41. The molecule has 1 aliphatic heterocycles. The number of hydrogen-bond donors (Lipinski definition) is 0. The van der Waals surface area contributed by atoms with Crippen molar-refractivity contribution in [1.82, 2.24) is 4.90 Å². The molecule has 0 aromatic heterocycles. The minimum Gasteiger partial charge on any atom is -0.496 e. The van der Waals surface area contributed by atoms with Crippen LogP contribution < -0.4 is 4.74 Å². The Balaban J connectivity index is 2.21. The molecule has 0 aliphatic carbocycles. The van der Waals surface area contributed by atoms with Crippen LogP contribution in [0.5, 0.6) is 5.75 Å². The first-order chi connectivity index (χ1) is 9.55. The lowest BCUT2D eigenvalue weighted by Gasteiger charge is -2.26. The van der Waals surface area contributed by atoms with Gasteiger partial charge in [0.2, 0.25) is 0 Å². The van der Waals surface area contributed by atoms with E-state index in [0.29, 0.717) is 16.7 Å². The highest BCUT2D eigenvalue weighted by molar-refractivity contribution is 9.10. The maximum atomic E-state index is 12.7. The van der Waals surface area contributed by atoms with E-state index in [1.807, 2.05) is 23.1 Å². The van der Waals surface area contributed by atoms with Gasteiger partial charge in [0, 0.05) is 17.6 Å². The molecule has 0 bridgehead atoms. The number of methoxy groups -OCH3 is 1. The van der Waals surface area contributed by atoms with E-state index in [9.17, 15) is 4.79 Å². The Labute approximate surface area is 129 Å². The molecule has 0 radical (unpaired) electrons. The van der Waals surface area contributed by atoms with Crippen LogP contribution in [0.15, 0.2) is 22.7 Å². The second-order valence-electron chi connectivity index (χ2n) is 5.53. The van der Waals surface area contributed by atoms with E-state index in [-0.39, 0.29) is 5.91 Å². The topological polar surface area (TPSA) is 29.5 Å². The van der Waals surface area contributed by atoms with E-state index < -0.39 is 0 Å². The molecule has 0 spiro atoms. The van der Waals surface area contributed by atoms with Gasteiger partial charge in [-0.15, -0.1) is 0 Å². The second kappa shape index (κ2) is 6.17. The molecule has 1 saturated heterocycles. The summed E-state index contributed by atoms with van der Waals surface area (Å²) in [6.07, 6.45) is 3.36. The minimum atomic E-state index is 0.0816. The average Bonchev–Trinajstić information content (AvgIpc) is 2.91. The number of hydrogen-bond acceptors (Lipinski definition) is 2. The van der Waals surface area contributed by atoms with Crippen LogP contribution in [0.3, 0.4) is 0 Å². The lowest BCUT2D eigenvalue weighted by molar-refractivity contribution is 0.0766. The summed E-state index contributed by atoms with van der Waals surface area (Å²) in [6.45, 7) is 6.15. The molecular weight excluding hydrogens is 318 g/mol. The number of carbonyl (C=O) groups is 1. The van der Waals surface area contributed by atoms with Crippen LogP contribution in [0.25, 0.3) is 0 Å².